The fourth-order valence-corrected chi connectivity index (χ4v) is 5.55. The minimum Gasteiger partial charge on any atom is -0.263 e. The van der Waals surface area contributed by atoms with Gasteiger partial charge in [0, 0.05) is 4.92 Å². The van der Waals surface area contributed by atoms with Crippen LogP contribution < -0.4 is 0 Å². The maximum atomic E-state index is 11.1. The topological polar surface area (TPSA) is 43.1 Å². The van der Waals surface area contributed by atoms with Gasteiger partial charge in [0.05, 0.1) is 16.5 Å². The highest BCUT2D eigenvalue weighted by atomic mass is 35.5. The molecule has 0 amide bonds. The standard InChI is InChI=1S/C7H2Cl7NO2/c8-2-3(9)6(12)5(11,15(16)17)1-4(2,10)7(6,13)14/h1H2/t4-,5+,6+/m0/s1. The van der Waals surface area contributed by atoms with Crippen LogP contribution in [0.15, 0.2) is 10.1 Å². The van der Waals surface area contributed by atoms with Crippen molar-refractivity contribution in [2.45, 2.75) is 25.5 Å². The molecule has 10 heteroatoms. The lowest BCUT2D eigenvalue weighted by Crippen LogP contribution is -2.54. The van der Waals surface area contributed by atoms with E-state index in [9.17, 15) is 10.1 Å². The molecule has 1 fully saturated rings. The van der Waals surface area contributed by atoms with Gasteiger partial charge in [-0.25, -0.2) is 0 Å². The Morgan fingerprint density at radius 2 is 1.53 bits per heavy atom. The second-order valence-electron chi connectivity index (χ2n) is 3.86. The summed E-state index contributed by atoms with van der Waals surface area (Å²) in [6.45, 7) is 0. The Morgan fingerprint density at radius 3 is 1.82 bits per heavy atom. The minimum absolute atomic E-state index is 0.112. The van der Waals surface area contributed by atoms with Gasteiger partial charge in [-0.1, -0.05) is 46.4 Å². The first-order chi connectivity index (χ1) is 7.47. The summed E-state index contributed by atoms with van der Waals surface area (Å²) in [6.07, 6.45) is -0.429. The molecule has 0 aliphatic heterocycles. The summed E-state index contributed by atoms with van der Waals surface area (Å²) >= 11 is 42.0. The Labute approximate surface area is 131 Å². The molecule has 2 aliphatic rings. The number of hydrogen-bond acceptors (Lipinski definition) is 2. The Hall–Kier alpha value is 1.17. The van der Waals surface area contributed by atoms with Gasteiger partial charge in [-0.15, -0.1) is 23.2 Å². The van der Waals surface area contributed by atoms with E-state index in [1.54, 1.807) is 0 Å². The molecule has 0 radical (unpaired) electrons. The largest absolute Gasteiger partial charge is 0.324 e. The molecule has 1 saturated carbocycles. The third kappa shape index (κ3) is 1.25. The summed E-state index contributed by atoms with van der Waals surface area (Å²) in [7, 11) is 0. The van der Waals surface area contributed by atoms with E-state index in [1.807, 2.05) is 0 Å². The zero-order chi connectivity index (χ0) is 13.4. The van der Waals surface area contributed by atoms with Crippen molar-refractivity contribution in [3.05, 3.63) is 20.2 Å². The van der Waals surface area contributed by atoms with Crippen molar-refractivity contribution in [3.63, 3.8) is 0 Å². The second kappa shape index (κ2) is 3.63. The predicted octanol–water partition coefficient (Wildman–Crippen LogP) is 4.43. The number of halogens is 7. The molecule has 0 aromatic rings. The van der Waals surface area contributed by atoms with Gasteiger partial charge in [-0.3, -0.25) is 10.1 Å². The molecular weight excluding hydrogens is 378 g/mol. The van der Waals surface area contributed by atoms with Crippen molar-refractivity contribution in [2.24, 2.45) is 0 Å². The highest BCUT2D eigenvalue weighted by Gasteiger charge is 2.89. The van der Waals surface area contributed by atoms with Crippen LogP contribution >= 0.6 is 81.2 Å². The first kappa shape index (κ1) is 14.6. The molecule has 0 unspecified atom stereocenters. The third-order valence-corrected chi connectivity index (χ3v) is 7.98. The molecule has 2 aliphatic carbocycles. The van der Waals surface area contributed by atoms with Gasteiger partial charge in [0.15, 0.2) is 4.33 Å². The van der Waals surface area contributed by atoms with E-state index in [-0.39, 0.29) is 10.1 Å². The first-order valence-electron chi connectivity index (χ1n) is 4.12. The fourth-order valence-electron chi connectivity index (χ4n) is 2.11. The van der Waals surface area contributed by atoms with Crippen molar-refractivity contribution in [3.8, 4) is 0 Å². The van der Waals surface area contributed by atoms with Gasteiger partial charge in [0.2, 0.25) is 4.87 Å². The van der Waals surface area contributed by atoms with E-state index in [0.717, 1.165) is 0 Å². The smallest absolute Gasteiger partial charge is 0.263 e. The molecule has 0 aromatic heterocycles. The summed E-state index contributed by atoms with van der Waals surface area (Å²) < 4.78 is -1.98. The quantitative estimate of drug-likeness (QED) is 0.292. The maximum Gasteiger partial charge on any atom is 0.324 e. The van der Waals surface area contributed by atoms with Crippen LogP contribution in [0.1, 0.15) is 6.42 Å². The Morgan fingerprint density at radius 1 is 1.06 bits per heavy atom. The van der Waals surface area contributed by atoms with Crippen LogP contribution in [0.3, 0.4) is 0 Å². The van der Waals surface area contributed by atoms with Gasteiger partial charge >= 0.3 is 5.00 Å². The SMILES string of the molecule is O=[N+]([O-])[C@]1(Cl)C[C@]2(Cl)C(Cl)=C(Cl)[C@]1(Cl)C2(Cl)Cl. The molecule has 17 heavy (non-hydrogen) atoms. The average molecular weight is 380 g/mol. The van der Waals surface area contributed by atoms with Crippen LogP contribution in [0.25, 0.3) is 0 Å². The molecule has 3 atom stereocenters. The number of rotatable bonds is 1. The average Bonchev–Trinajstić information content (AvgIpc) is 2.39. The number of allylic oxidation sites excluding steroid dienone is 1. The molecule has 0 heterocycles. The molecule has 0 N–H and O–H groups in total. The number of fused-ring (bicyclic) bond motifs is 2. The summed E-state index contributed by atoms with van der Waals surface area (Å²) in [4.78, 5) is 4.32. The van der Waals surface area contributed by atoms with Crippen molar-refractivity contribution in [2.75, 3.05) is 0 Å². The molecular formula is C7H2Cl7NO2. The summed E-state index contributed by atoms with van der Waals surface area (Å²) in [6, 6.07) is 0. The van der Waals surface area contributed by atoms with Crippen molar-refractivity contribution in [1.29, 1.82) is 0 Å². The van der Waals surface area contributed by atoms with Crippen molar-refractivity contribution < 1.29 is 4.92 Å². The maximum absolute atomic E-state index is 11.1. The molecule has 0 saturated heterocycles. The fraction of sp³-hybridized carbons (Fsp3) is 0.714. The highest BCUT2D eigenvalue weighted by Crippen LogP contribution is 2.76. The number of hydrogen-bond donors (Lipinski definition) is 0. The molecule has 0 spiro atoms. The van der Waals surface area contributed by atoms with Gasteiger partial charge in [-0.05, 0) is 11.6 Å². The van der Waals surface area contributed by atoms with E-state index in [4.69, 9.17) is 81.2 Å². The van der Waals surface area contributed by atoms with Gasteiger partial charge in [0.25, 0.3) is 0 Å². The third-order valence-electron chi connectivity index (χ3n) is 3.07. The lowest BCUT2D eigenvalue weighted by atomic mass is 10.00. The second-order valence-corrected chi connectivity index (χ2v) is 7.78. The Kier molecular flexibility index (Phi) is 3.11. The van der Waals surface area contributed by atoms with Crippen LogP contribution in [0.4, 0.5) is 0 Å². The minimum atomic E-state index is -2.21. The summed E-state index contributed by atoms with van der Waals surface area (Å²) in [5.74, 6) is 0. The van der Waals surface area contributed by atoms with Gasteiger partial charge < -0.3 is 0 Å². The zero-order valence-corrected chi connectivity index (χ0v) is 12.9. The highest BCUT2D eigenvalue weighted by molar-refractivity contribution is 6.67. The van der Waals surface area contributed by atoms with Crippen molar-refractivity contribution in [1.82, 2.24) is 0 Å². The van der Waals surface area contributed by atoms with E-state index >= 15 is 0 Å². The predicted molar refractivity (Wildman–Crippen MR) is 70.5 cm³/mol. The number of nitrogens with zero attached hydrogens (tertiary/aromatic N) is 1. The Balaban J connectivity index is 2.80. The van der Waals surface area contributed by atoms with E-state index in [2.05, 4.69) is 0 Å². The van der Waals surface area contributed by atoms with Crippen LogP contribution in [0, 0.1) is 10.1 Å². The molecule has 0 aromatic carbocycles. The molecule has 2 rings (SSSR count). The summed E-state index contributed by atoms with van der Waals surface area (Å²) in [5, 5.41) is 10.7. The van der Waals surface area contributed by atoms with E-state index in [1.165, 1.54) is 0 Å². The van der Waals surface area contributed by atoms with Crippen molar-refractivity contribution >= 4 is 81.2 Å². The first-order valence-corrected chi connectivity index (χ1v) is 6.76. The number of alkyl halides is 5. The molecule has 2 bridgehead atoms. The monoisotopic (exact) mass is 377 g/mol. The van der Waals surface area contributed by atoms with Gasteiger partial charge in [0.1, 0.15) is 4.87 Å². The zero-order valence-electron chi connectivity index (χ0n) is 7.62. The Bertz CT molecular complexity index is 465. The van der Waals surface area contributed by atoms with Crippen LogP contribution in [-0.4, -0.2) is 24.0 Å². The number of nitro groups is 1. The molecule has 96 valence electrons. The van der Waals surface area contributed by atoms with Gasteiger partial charge in [-0.2, -0.15) is 0 Å². The van der Waals surface area contributed by atoms with Crippen LogP contribution in [0.5, 0.6) is 0 Å². The lowest BCUT2D eigenvalue weighted by Gasteiger charge is -2.32. The van der Waals surface area contributed by atoms with Crippen LogP contribution in [-0.2, 0) is 0 Å². The summed E-state index contributed by atoms with van der Waals surface area (Å²) in [5.41, 5.74) is 0. The van der Waals surface area contributed by atoms with E-state index < -0.39 is 30.4 Å². The normalized spacial score (nSPS) is 47.7. The molecule has 3 nitrogen and oxygen atoms in total. The lowest BCUT2D eigenvalue weighted by molar-refractivity contribution is -0.544. The van der Waals surface area contributed by atoms with E-state index in [0.29, 0.717) is 0 Å². The van der Waals surface area contributed by atoms with Crippen LogP contribution in [0.2, 0.25) is 0 Å².